The van der Waals surface area contributed by atoms with Gasteiger partial charge in [0.05, 0.1) is 12.4 Å². The molecule has 1 unspecified atom stereocenters. The highest BCUT2D eigenvalue weighted by Gasteiger charge is 2.48. The molecule has 12 heteroatoms. The molecule has 186 valence electrons. The van der Waals surface area contributed by atoms with Gasteiger partial charge in [-0.25, -0.2) is 28.4 Å². The number of aliphatic hydroxyl groups excluding tert-OH is 1. The second-order valence-corrected chi connectivity index (χ2v) is 9.40. The van der Waals surface area contributed by atoms with Crippen LogP contribution in [0.1, 0.15) is 29.8 Å². The molecule has 35 heavy (non-hydrogen) atoms. The van der Waals surface area contributed by atoms with Crippen molar-refractivity contribution in [3.8, 4) is 0 Å². The maximum absolute atomic E-state index is 12.9. The number of piperidine rings is 1. The topological polar surface area (TPSA) is 104 Å². The fraction of sp³-hybridized carbons (Fsp3) is 0.522. The summed E-state index contributed by atoms with van der Waals surface area (Å²) in [6.07, 6.45) is 2.11. The van der Waals surface area contributed by atoms with E-state index < -0.39 is 19.2 Å². The molecule has 0 bridgehead atoms. The van der Waals surface area contributed by atoms with E-state index in [0.717, 1.165) is 19.3 Å². The van der Waals surface area contributed by atoms with Gasteiger partial charge in [0.15, 0.2) is 5.65 Å². The van der Waals surface area contributed by atoms with Crippen molar-refractivity contribution < 1.29 is 18.7 Å². The Hall–Kier alpha value is -3.41. The number of amides is 1. The quantitative estimate of drug-likeness (QED) is 0.584. The molecule has 1 spiro atoms. The Morgan fingerprint density at radius 3 is 2.60 bits per heavy atom. The molecular weight excluding hydrogens is 458 g/mol. The maximum Gasteiger partial charge on any atom is 0.272 e. The average molecular weight is 487 g/mol. The molecule has 3 aromatic heterocycles. The van der Waals surface area contributed by atoms with Crippen LogP contribution in [0.2, 0.25) is 0 Å². The number of hydrogen-bond acceptors (Lipinski definition) is 8. The first-order valence-corrected chi connectivity index (χ1v) is 11.6. The fourth-order valence-electron chi connectivity index (χ4n) is 5.04. The molecule has 2 saturated heterocycles. The zero-order chi connectivity index (χ0) is 24.7. The molecule has 2 fully saturated rings. The monoisotopic (exact) mass is 486 g/mol. The predicted molar refractivity (Wildman–Crippen MR) is 125 cm³/mol. The minimum absolute atomic E-state index is 0.184. The lowest BCUT2D eigenvalue weighted by Gasteiger charge is -2.42. The summed E-state index contributed by atoms with van der Waals surface area (Å²) >= 11 is 0. The number of aromatic nitrogens is 5. The van der Waals surface area contributed by atoms with Crippen molar-refractivity contribution in [1.82, 2.24) is 29.6 Å². The molecular formula is C23H28F2N8O2. The van der Waals surface area contributed by atoms with Gasteiger partial charge in [-0.1, -0.05) is 6.07 Å². The molecule has 5 rings (SSSR count). The first kappa shape index (κ1) is 23.3. The Bertz CT molecular complexity index is 1230. The minimum atomic E-state index is -2.53. The number of anilines is 2. The van der Waals surface area contributed by atoms with Gasteiger partial charge in [-0.2, -0.15) is 5.10 Å². The van der Waals surface area contributed by atoms with E-state index in [0.29, 0.717) is 48.1 Å². The summed E-state index contributed by atoms with van der Waals surface area (Å²) in [4.78, 5) is 31.1. The number of fused-ring (bicyclic) bond motifs is 1. The van der Waals surface area contributed by atoms with Gasteiger partial charge in [-0.3, -0.25) is 4.79 Å². The third kappa shape index (κ3) is 4.26. The van der Waals surface area contributed by atoms with E-state index in [9.17, 15) is 18.7 Å². The zero-order valence-corrected chi connectivity index (χ0v) is 19.7. The SMILES string of the molecule is CN(C)C(=O)c1cccc(N2CCC3(CCN(c4cnc5cnn(CC(F)F)c5n4)CC3)C2O)n1. The van der Waals surface area contributed by atoms with Crippen LogP contribution in [0.25, 0.3) is 11.2 Å². The van der Waals surface area contributed by atoms with Crippen molar-refractivity contribution in [3.05, 3.63) is 36.3 Å². The Morgan fingerprint density at radius 1 is 1.14 bits per heavy atom. The summed E-state index contributed by atoms with van der Waals surface area (Å²) in [6, 6.07) is 5.28. The van der Waals surface area contributed by atoms with Gasteiger partial charge < -0.3 is 19.8 Å². The molecule has 0 aliphatic carbocycles. The van der Waals surface area contributed by atoms with Crippen molar-refractivity contribution in [2.75, 3.05) is 43.5 Å². The normalized spacial score (nSPS) is 19.8. The fourth-order valence-corrected chi connectivity index (χ4v) is 5.04. The van der Waals surface area contributed by atoms with Crippen molar-refractivity contribution in [2.45, 2.75) is 38.5 Å². The second-order valence-electron chi connectivity index (χ2n) is 9.40. The van der Waals surface area contributed by atoms with Gasteiger partial charge >= 0.3 is 0 Å². The Labute approximate surface area is 201 Å². The van der Waals surface area contributed by atoms with Crippen LogP contribution >= 0.6 is 0 Å². The maximum atomic E-state index is 12.9. The Morgan fingerprint density at radius 2 is 1.89 bits per heavy atom. The summed E-state index contributed by atoms with van der Waals surface area (Å²) in [5, 5.41) is 15.3. The van der Waals surface area contributed by atoms with Gasteiger partial charge in [0, 0.05) is 39.1 Å². The van der Waals surface area contributed by atoms with Gasteiger partial charge in [0.1, 0.15) is 35.6 Å². The van der Waals surface area contributed by atoms with Crippen LogP contribution in [0, 0.1) is 5.41 Å². The number of halogens is 2. The predicted octanol–water partition coefficient (Wildman–Crippen LogP) is 2.00. The summed E-state index contributed by atoms with van der Waals surface area (Å²) < 4.78 is 26.9. The highest BCUT2D eigenvalue weighted by molar-refractivity contribution is 5.92. The van der Waals surface area contributed by atoms with Crippen LogP contribution in [0.15, 0.2) is 30.6 Å². The van der Waals surface area contributed by atoms with Crippen LogP contribution in [0.4, 0.5) is 20.4 Å². The lowest BCUT2D eigenvalue weighted by atomic mass is 9.76. The van der Waals surface area contributed by atoms with Crippen molar-refractivity contribution in [1.29, 1.82) is 0 Å². The summed E-state index contributed by atoms with van der Waals surface area (Å²) in [7, 11) is 3.36. The number of hydrogen-bond donors (Lipinski definition) is 1. The van der Waals surface area contributed by atoms with Crippen LogP contribution < -0.4 is 9.80 Å². The van der Waals surface area contributed by atoms with E-state index >= 15 is 0 Å². The third-order valence-corrected chi connectivity index (χ3v) is 7.07. The van der Waals surface area contributed by atoms with Crippen LogP contribution in [0.5, 0.6) is 0 Å². The number of carbonyl (C=O) groups is 1. The number of pyridine rings is 1. The molecule has 5 heterocycles. The highest BCUT2D eigenvalue weighted by Crippen LogP contribution is 2.46. The number of carbonyl (C=O) groups excluding carboxylic acids is 1. The first-order valence-electron chi connectivity index (χ1n) is 11.6. The van der Waals surface area contributed by atoms with Crippen molar-refractivity contribution in [2.24, 2.45) is 5.41 Å². The van der Waals surface area contributed by atoms with Gasteiger partial charge in [-0.05, 0) is 31.4 Å². The van der Waals surface area contributed by atoms with E-state index in [-0.39, 0.29) is 11.3 Å². The first-order chi connectivity index (χ1) is 16.8. The van der Waals surface area contributed by atoms with Crippen molar-refractivity contribution >= 4 is 28.7 Å². The van der Waals surface area contributed by atoms with E-state index in [1.165, 1.54) is 15.8 Å². The zero-order valence-electron chi connectivity index (χ0n) is 19.7. The van der Waals surface area contributed by atoms with Gasteiger partial charge in [0.2, 0.25) is 0 Å². The van der Waals surface area contributed by atoms with Gasteiger partial charge in [-0.15, -0.1) is 0 Å². The van der Waals surface area contributed by atoms with E-state index in [4.69, 9.17) is 0 Å². The molecule has 2 aliphatic heterocycles. The molecule has 2 aliphatic rings. The average Bonchev–Trinajstić information content (AvgIpc) is 3.39. The standard InChI is InChI=1S/C23H28F2N8O2/c1-30(2)21(34)15-4-3-5-18(28-15)32-11-8-23(22(32)35)6-9-31(10-7-23)19-13-26-16-12-27-33(14-17(24)25)20(16)29-19/h3-5,12-13,17,22,35H,6-11,14H2,1-2H3. The van der Waals surface area contributed by atoms with Crippen molar-refractivity contribution in [3.63, 3.8) is 0 Å². The van der Waals surface area contributed by atoms with Gasteiger partial charge in [0.25, 0.3) is 12.3 Å². The van der Waals surface area contributed by atoms with E-state index in [2.05, 4.69) is 25.0 Å². The second kappa shape index (κ2) is 8.99. The number of alkyl halides is 2. The number of aliphatic hydroxyl groups is 1. The molecule has 3 aromatic rings. The molecule has 1 N–H and O–H groups in total. The summed E-state index contributed by atoms with van der Waals surface area (Å²) in [5.41, 5.74) is 0.866. The Kier molecular flexibility index (Phi) is 5.99. The third-order valence-electron chi connectivity index (χ3n) is 7.07. The molecule has 0 aromatic carbocycles. The highest BCUT2D eigenvalue weighted by atomic mass is 19.3. The van der Waals surface area contributed by atoms with Crippen LogP contribution in [-0.4, -0.2) is 87.0 Å². The summed E-state index contributed by atoms with van der Waals surface area (Å²) in [5.74, 6) is 1.02. The molecule has 0 radical (unpaired) electrons. The number of nitrogens with zero attached hydrogens (tertiary/aromatic N) is 8. The smallest absolute Gasteiger partial charge is 0.272 e. The number of rotatable bonds is 5. The lowest BCUT2D eigenvalue weighted by molar-refractivity contribution is 0.0342. The molecule has 10 nitrogen and oxygen atoms in total. The summed E-state index contributed by atoms with van der Waals surface area (Å²) in [6.45, 7) is 1.43. The van der Waals surface area contributed by atoms with Crippen LogP contribution in [-0.2, 0) is 6.54 Å². The van der Waals surface area contributed by atoms with Crippen LogP contribution in [0.3, 0.4) is 0 Å². The largest absolute Gasteiger partial charge is 0.373 e. The molecule has 1 amide bonds. The molecule has 0 saturated carbocycles. The minimum Gasteiger partial charge on any atom is -0.373 e. The Balaban J connectivity index is 1.30. The molecule has 1 atom stereocenters. The lowest BCUT2D eigenvalue weighted by Crippen LogP contribution is -2.47. The van der Waals surface area contributed by atoms with E-state index in [1.807, 2.05) is 11.0 Å². The van der Waals surface area contributed by atoms with E-state index in [1.54, 1.807) is 32.4 Å².